The van der Waals surface area contributed by atoms with Crippen molar-refractivity contribution < 1.29 is 9.32 Å². The SMILES string of the molecule is Cc1noc(CN(C)C(=O)CCN(C)[C@H]2CCN(C)C2)n1. The molecule has 7 heteroatoms. The van der Waals surface area contributed by atoms with Gasteiger partial charge in [-0.05, 0) is 34.0 Å². The summed E-state index contributed by atoms with van der Waals surface area (Å²) in [5, 5.41) is 3.73. The van der Waals surface area contributed by atoms with Gasteiger partial charge in [0.15, 0.2) is 5.82 Å². The van der Waals surface area contributed by atoms with Crippen molar-refractivity contribution in [1.82, 2.24) is 24.8 Å². The van der Waals surface area contributed by atoms with Gasteiger partial charge in [0.1, 0.15) is 0 Å². The van der Waals surface area contributed by atoms with Gasteiger partial charge in [0, 0.05) is 32.6 Å². The molecular formula is C14H25N5O2. The predicted octanol–water partition coefficient (Wildman–Crippen LogP) is 0.362. The van der Waals surface area contributed by atoms with Gasteiger partial charge >= 0.3 is 0 Å². The third-order valence-corrected chi connectivity index (χ3v) is 4.04. The second-order valence-electron chi connectivity index (χ2n) is 5.92. The molecular weight excluding hydrogens is 270 g/mol. The lowest BCUT2D eigenvalue weighted by molar-refractivity contribution is -0.131. The average molecular weight is 295 g/mol. The Kier molecular flexibility index (Phi) is 5.30. The molecule has 0 spiro atoms. The molecule has 1 fully saturated rings. The van der Waals surface area contributed by atoms with Crippen LogP contribution in [0.25, 0.3) is 0 Å². The molecule has 1 aromatic rings. The van der Waals surface area contributed by atoms with Crippen LogP contribution in [0.1, 0.15) is 24.6 Å². The van der Waals surface area contributed by atoms with E-state index >= 15 is 0 Å². The van der Waals surface area contributed by atoms with Crippen LogP contribution in [-0.2, 0) is 11.3 Å². The van der Waals surface area contributed by atoms with Crippen molar-refractivity contribution >= 4 is 5.91 Å². The number of aromatic nitrogens is 2. The molecule has 0 N–H and O–H groups in total. The minimum absolute atomic E-state index is 0.101. The van der Waals surface area contributed by atoms with Crippen molar-refractivity contribution in [2.24, 2.45) is 0 Å². The highest BCUT2D eigenvalue weighted by molar-refractivity contribution is 5.75. The van der Waals surface area contributed by atoms with Crippen LogP contribution in [0.2, 0.25) is 0 Å². The lowest BCUT2D eigenvalue weighted by atomic mass is 10.2. The zero-order valence-corrected chi connectivity index (χ0v) is 13.4. The van der Waals surface area contributed by atoms with Gasteiger partial charge in [-0.2, -0.15) is 4.98 Å². The van der Waals surface area contributed by atoms with Crippen LogP contribution in [0.15, 0.2) is 4.52 Å². The summed E-state index contributed by atoms with van der Waals surface area (Å²) in [6.07, 6.45) is 1.69. The van der Waals surface area contributed by atoms with Crippen LogP contribution in [0.4, 0.5) is 0 Å². The van der Waals surface area contributed by atoms with E-state index in [4.69, 9.17) is 4.52 Å². The third kappa shape index (κ3) is 4.50. The molecule has 2 rings (SSSR count). The minimum Gasteiger partial charge on any atom is -0.337 e. The van der Waals surface area contributed by atoms with Crippen LogP contribution in [0, 0.1) is 6.92 Å². The van der Waals surface area contributed by atoms with E-state index in [0.717, 1.165) is 19.6 Å². The lowest BCUT2D eigenvalue weighted by Crippen LogP contribution is -2.37. The summed E-state index contributed by atoms with van der Waals surface area (Å²) in [4.78, 5) is 22.5. The van der Waals surface area contributed by atoms with Crippen molar-refractivity contribution in [3.05, 3.63) is 11.7 Å². The van der Waals surface area contributed by atoms with Gasteiger partial charge < -0.3 is 19.2 Å². The van der Waals surface area contributed by atoms with Crippen LogP contribution < -0.4 is 0 Å². The molecule has 118 valence electrons. The largest absolute Gasteiger partial charge is 0.337 e. The Morgan fingerprint density at radius 1 is 1.48 bits per heavy atom. The lowest BCUT2D eigenvalue weighted by Gasteiger charge is -2.24. The van der Waals surface area contributed by atoms with Gasteiger partial charge in [0.05, 0.1) is 6.54 Å². The summed E-state index contributed by atoms with van der Waals surface area (Å²) in [5.41, 5.74) is 0. The molecule has 0 aliphatic carbocycles. The molecule has 0 unspecified atom stereocenters. The number of hydrogen-bond acceptors (Lipinski definition) is 6. The molecule has 0 bridgehead atoms. The van der Waals surface area contributed by atoms with Crippen LogP contribution >= 0.6 is 0 Å². The second kappa shape index (κ2) is 7.00. The normalized spacial score (nSPS) is 19.4. The molecule has 1 saturated heterocycles. The number of nitrogens with zero attached hydrogens (tertiary/aromatic N) is 5. The highest BCUT2D eigenvalue weighted by Gasteiger charge is 2.23. The number of likely N-dealkylation sites (tertiary alicyclic amines) is 1. The maximum Gasteiger partial charge on any atom is 0.246 e. The van der Waals surface area contributed by atoms with Crippen molar-refractivity contribution in [2.45, 2.75) is 32.4 Å². The Labute approximate surface area is 125 Å². The fourth-order valence-corrected chi connectivity index (χ4v) is 2.61. The van der Waals surface area contributed by atoms with Gasteiger partial charge in [-0.15, -0.1) is 0 Å². The monoisotopic (exact) mass is 295 g/mol. The molecule has 1 amide bonds. The summed E-state index contributed by atoms with van der Waals surface area (Å²) in [5.74, 6) is 1.18. The molecule has 21 heavy (non-hydrogen) atoms. The van der Waals surface area contributed by atoms with E-state index in [1.807, 2.05) is 0 Å². The molecule has 0 saturated carbocycles. The maximum atomic E-state index is 12.1. The topological polar surface area (TPSA) is 65.7 Å². The van der Waals surface area contributed by atoms with Crippen LogP contribution in [0.3, 0.4) is 0 Å². The van der Waals surface area contributed by atoms with Gasteiger partial charge in [-0.3, -0.25) is 4.79 Å². The van der Waals surface area contributed by atoms with Gasteiger partial charge in [0.25, 0.3) is 0 Å². The summed E-state index contributed by atoms with van der Waals surface area (Å²) in [6, 6.07) is 0.562. The molecule has 1 aliphatic heterocycles. The fraction of sp³-hybridized carbons (Fsp3) is 0.786. The van der Waals surface area contributed by atoms with Crippen molar-refractivity contribution in [3.8, 4) is 0 Å². The summed E-state index contributed by atoms with van der Waals surface area (Å²) in [7, 11) is 6.00. The number of hydrogen-bond donors (Lipinski definition) is 0. The Bertz CT molecular complexity index is 476. The molecule has 1 aliphatic rings. The average Bonchev–Trinajstić information content (AvgIpc) is 3.04. The molecule has 2 heterocycles. The standard InChI is InChI=1S/C14H25N5O2/c1-11-15-13(21-16-11)10-19(4)14(20)6-8-18(3)12-5-7-17(2)9-12/h12H,5-10H2,1-4H3/t12-/m0/s1. The van der Waals surface area contributed by atoms with E-state index in [2.05, 4.69) is 34.0 Å². The Hall–Kier alpha value is -1.47. The third-order valence-electron chi connectivity index (χ3n) is 4.04. The van der Waals surface area contributed by atoms with Gasteiger partial charge in [-0.1, -0.05) is 5.16 Å². The Balaban J connectivity index is 1.73. The molecule has 1 atom stereocenters. The number of carbonyl (C=O) groups is 1. The van der Waals surface area contributed by atoms with Crippen LogP contribution in [-0.4, -0.2) is 77.6 Å². The first kappa shape index (κ1) is 15.9. The molecule has 1 aromatic heterocycles. The fourth-order valence-electron chi connectivity index (χ4n) is 2.61. The smallest absolute Gasteiger partial charge is 0.246 e. The van der Waals surface area contributed by atoms with Crippen LogP contribution in [0.5, 0.6) is 0 Å². The van der Waals surface area contributed by atoms with Gasteiger partial charge in [-0.25, -0.2) is 0 Å². The number of amides is 1. The first-order chi connectivity index (χ1) is 9.95. The van der Waals surface area contributed by atoms with E-state index in [0.29, 0.717) is 30.7 Å². The molecule has 0 radical (unpaired) electrons. The van der Waals surface area contributed by atoms with Crippen molar-refractivity contribution in [1.29, 1.82) is 0 Å². The Morgan fingerprint density at radius 2 is 2.24 bits per heavy atom. The number of likely N-dealkylation sites (N-methyl/N-ethyl adjacent to an activating group) is 2. The predicted molar refractivity (Wildman–Crippen MR) is 78.7 cm³/mol. The highest BCUT2D eigenvalue weighted by Crippen LogP contribution is 2.13. The van der Waals surface area contributed by atoms with E-state index in [1.54, 1.807) is 18.9 Å². The van der Waals surface area contributed by atoms with Crippen molar-refractivity contribution in [2.75, 3.05) is 40.8 Å². The number of aryl methyl sites for hydroxylation is 1. The summed E-state index contributed by atoms with van der Waals surface area (Å²) in [6.45, 7) is 5.14. The Morgan fingerprint density at radius 3 is 2.81 bits per heavy atom. The highest BCUT2D eigenvalue weighted by atomic mass is 16.5. The number of rotatable bonds is 6. The second-order valence-corrected chi connectivity index (χ2v) is 5.92. The van der Waals surface area contributed by atoms with E-state index < -0.39 is 0 Å². The summed E-state index contributed by atoms with van der Waals surface area (Å²) < 4.78 is 5.03. The number of carbonyl (C=O) groups excluding carboxylic acids is 1. The molecule has 0 aromatic carbocycles. The minimum atomic E-state index is 0.101. The molecule has 7 nitrogen and oxygen atoms in total. The first-order valence-corrected chi connectivity index (χ1v) is 7.37. The maximum absolute atomic E-state index is 12.1. The summed E-state index contributed by atoms with van der Waals surface area (Å²) >= 11 is 0. The zero-order valence-electron chi connectivity index (χ0n) is 13.4. The zero-order chi connectivity index (χ0) is 15.4. The van der Waals surface area contributed by atoms with E-state index in [9.17, 15) is 4.79 Å². The van der Waals surface area contributed by atoms with E-state index in [-0.39, 0.29) is 5.91 Å². The van der Waals surface area contributed by atoms with Gasteiger partial charge in [0.2, 0.25) is 11.8 Å². The van der Waals surface area contributed by atoms with Crippen molar-refractivity contribution in [3.63, 3.8) is 0 Å². The first-order valence-electron chi connectivity index (χ1n) is 7.37. The van der Waals surface area contributed by atoms with E-state index in [1.165, 1.54) is 6.42 Å². The quantitative estimate of drug-likeness (QED) is 0.755.